The number of hydrogen-bond acceptors (Lipinski definition) is 2. The number of pyridine rings is 1. The van der Waals surface area contributed by atoms with Crippen LogP contribution in [0.25, 0.3) is 0 Å². The maximum Gasteiger partial charge on any atom is 0.259 e. The SMILES string of the molecule is CCN(CC)C(=O)c1c(C)n(Cc2ccccc2)c(C)cc1=O. The van der Waals surface area contributed by atoms with E-state index in [4.69, 9.17) is 0 Å². The minimum atomic E-state index is -0.193. The molecule has 1 amide bonds. The lowest BCUT2D eigenvalue weighted by molar-refractivity contribution is 0.0770. The van der Waals surface area contributed by atoms with Gasteiger partial charge in [0.15, 0.2) is 5.43 Å². The van der Waals surface area contributed by atoms with Gasteiger partial charge in [-0.2, -0.15) is 0 Å². The van der Waals surface area contributed by atoms with Crippen LogP contribution >= 0.6 is 0 Å². The normalized spacial score (nSPS) is 10.6. The van der Waals surface area contributed by atoms with Gasteiger partial charge in [0.25, 0.3) is 5.91 Å². The standard InChI is InChI=1S/C19H24N2O2/c1-5-20(6-2)19(23)18-15(4)21(14(3)12-17(18)22)13-16-10-8-7-9-11-16/h7-12H,5-6,13H2,1-4H3. The molecule has 0 aliphatic rings. The Morgan fingerprint density at radius 1 is 1.09 bits per heavy atom. The molecule has 122 valence electrons. The fourth-order valence-corrected chi connectivity index (χ4v) is 2.86. The molecule has 1 heterocycles. The van der Waals surface area contributed by atoms with Crippen LogP contribution in [0, 0.1) is 13.8 Å². The fraction of sp³-hybridized carbons (Fsp3) is 0.368. The molecule has 0 aliphatic heterocycles. The summed E-state index contributed by atoms with van der Waals surface area (Å²) in [6.45, 7) is 9.46. The van der Waals surface area contributed by atoms with Gasteiger partial charge < -0.3 is 9.47 Å². The highest BCUT2D eigenvalue weighted by Crippen LogP contribution is 2.13. The molecule has 1 aromatic heterocycles. The molecule has 0 radical (unpaired) electrons. The molecule has 0 saturated heterocycles. The number of rotatable bonds is 5. The zero-order valence-electron chi connectivity index (χ0n) is 14.3. The highest BCUT2D eigenvalue weighted by molar-refractivity contribution is 5.95. The topological polar surface area (TPSA) is 42.3 Å². The smallest absolute Gasteiger partial charge is 0.259 e. The number of aryl methyl sites for hydroxylation is 1. The predicted molar refractivity (Wildman–Crippen MR) is 93.0 cm³/mol. The maximum absolute atomic E-state index is 12.7. The van der Waals surface area contributed by atoms with E-state index in [9.17, 15) is 9.59 Å². The molecule has 4 heteroatoms. The van der Waals surface area contributed by atoms with E-state index in [1.807, 2.05) is 62.6 Å². The summed E-state index contributed by atoms with van der Waals surface area (Å²) < 4.78 is 2.04. The molecule has 1 aromatic carbocycles. The van der Waals surface area contributed by atoms with Crippen molar-refractivity contribution < 1.29 is 4.79 Å². The summed E-state index contributed by atoms with van der Waals surface area (Å²) in [4.78, 5) is 26.7. The summed E-state index contributed by atoms with van der Waals surface area (Å²) >= 11 is 0. The van der Waals surface area contributed by atoms with E-state index < -0.39 is 0 Å². The molecule has 0 aliphatic carbocycles. The van der Waals surface area contributed by atoms with Gasteiger partial charge in [-0.3, -0.25) is 9.59 Å². The van der Waals surface area contributed by atoms with Crippen molar-refractivity contribution in [3.8, 4) is 0 Å². The van der Waals surface area contributed by atoms with Gasteiger partial charge >= 0.3 is 0 Å². The Labute approximate surface area is 137 Å². The number of carbonyl (C=O) groups excluding carboxylic acids is 1. The summed E-state index contributed by atoms with van der Waals surface area (Å²) in [6.07, 6.45) is 0. The third kappa shape index (κ3) is 3.52. The Morgan fingerprint density at radius 3 is 2.26 bits per heavy atom. The van der Waals surface area contributed by atoms with Gasteiger partial charge in [-0.1, -0.05) is 30.3 Å². The van der Waals surface area contributed by atoms with Crippen molar-refractivity contribution in [3.05, 3.63) is 69.1 Å². The Kier molecular flexibility index (Phi) is 5.37. The molecule has 2 aromatic rings. The second kappa shape index (κ2) is 7.27. The van der Waals surface area contributed by atoms with Crippen molar-refractivity contribution in [2.45, 2.75) is 34.2 Å². The highest BCUT2D eigenvalue weighted by atomic mass is 16.2. The molecule has 0 N–H and O–H groups in total. The molecule has 0 unspecified atom stereocenters. The molecule has 0 bridgehead atoms. The van der Waals surface area contributed by atoms with Crippen molar-refractivity contribution in [1.29, 1.82) is 0 Å². The van der Waals surface area contributed by atoms with Crippen LogP contribution in [0.4, 0.5) is 0 Å². The van der Waals surface area contributed by atoms with Crippen LogP contribution in [-0.4, -0.2) is 28.5 Å². The summed E-state index contributed by atoms with van der Waals surface area (Å²) in [5.74, 6) is -0.181. The zero-order valence-corrected chi connectivity index (χ0v) is 14.3. The van der Waals surface area contributed by atoms with Crippen LogP contribution < -0.4 is 5.43 Å². The van der Waals surface area contributed by atoms with E-state index in [1.54, 1.807) is 11.0 Å². The number of benzene rings is 1. The van der Waals surface area contributed by atoms with Crippen molar-refractivity contribution in [1.82, 2.24) is 9.47 Å². The molecule has 0 spiro atoms. The highest BCUT2D eigenvalue weighted by Gasteiger charge is 2.21. The largest absolute Gasteiger partial charge is 0.344 e. The van der Waals surface area contributed by atoms with Crippen LogP contribution in [0.5, 0.6) is 0 Å². The summed E-state index contributed by atoms with van der Waals surface area (Å²) in [7, 11) is 0. The molecule has 2 rings (SSSR count). The van der Waals surface area contributed by atoms with Crippen molar-refractivity contribution >= 4 is 5.91 Å². The van der Waals surface area contributed by atoms with E-state index >= 15 is 0 Å². The van der Waals surface area contributed by atoms with Crippen LogP contribution in [0.15, 0.2) is 41.2 Å². The monoisotopic (exact) mass is 312 g/mol. The van der Waals surface area contributed by atoms with Crippen LogP contribution in [0.2, 0.25) is 0 Å². The number of hydrogen-bond donors (Lipinski definition) is 0. The van der Waals surface area contributed by atoms with Gasteiger partial charge in [0.05, 0.1) is 0 Å². The second-order valence-electron chi connectivity index (χ2n) is 5.66. The minimum absolute atomic E-state index is 0.181. The van der Waals surface area contributed by atoms with Crippen LogP contribution in [0.1, 0.15) is 41.2 Å². The first-order valence-electron chi connectivity index (χ1n) is 8.03. The van der Waals surface area contributed by atoms with E-state index in [-0.39, 0.29) is 16.9 Å². The minimum Gasteiger partial charge on any atom is -0.344 e. The predicted octanol–water partition coefficient (Wildman–Crippen LogP) is 3.00. The lowest BCUT2D eigenvalue weighted by atomic mass is 10.1. The van der Waals surface area contributed by atoms with Gasteiger partial charge in [-0.15, -0.1) is 0 Å². The average molecular weight is 312 g/mol. The van der Waals surface area contributed by atoms with Gasteiger partial charge in [-0.25, -0.2) is 0 Å². The zero-order chi connectivity index (χ0) is 17.0. The first-order chi connectivity index (χ1) is 11.0. The van der Waals surface area contributed by atoms with Gasteiger partial charge in [0.1, 0.15) is 5.56 Å². The Morgan fingerprint density at radius 2 is 1.70 bits per heavy atom. The van der Waals surface area contributed by atoms with E-state index in [1.165, 1.54) is 0 Å². The third-order valence-electron chi connectivity index (χ3n) is 4.23. The van der Waals surface area contributed by atoms with E-state index in [0.717, 1.165) is 17.0 Å². The number of amides is 1. The van der Waals surface area contributed by atoms with E-state index in [2.05, 4.69) is 0 Å². The summed E-state index contributed by atoms with van der Waals surface area (Å²) in [5.41, 5.74) is 2.84. The molecular weight excluding hydrogens is 288 g/mol. The van der Waals surface area contributed by atoms with Crippen molar-refractivity contribution in [3.63, 3.8) is 0 Å². The molecular formula is C19H24N2O2. The number of nitrogens with zero attached hydrogens (tertiary/aromatic N) is 2. The number of carbonyl (C=O) groups is 1. The maximum atomic E-state index is 12.7. The number of aromatic nitrogens is 1. The lowest BCUT2D eigenvalue weighted by Gasteiger charge is -2.22. The van der Waals surface area contributed by atoms with Crippen molar-refractivity contribution in [2.24, 2.45) is 0 Å². The van der Waals surface area contributed by atoms with Gasteiger partial charge in [0, 0.05) is 37.1 Å². The Hall–Kier alpha value is -2.36. The molecule has 4 nitrogen and oxygen atoms in total. The summed E-state index contributed by atoms with van der Waals surface area (Å²) in [5, 5.41) is 0. The van der Waals surface area contributed by atoms with Crippen LogP contribution in [0.3, 0.4) is 0 Å². The van der Waals surface area contributed by atoms with Gasteiger partial charge in [-0.05, 0) is 33.3 Å². The molecule has 0 atom stereocenters. The summed E-state index contributed by atoms with van der Waals surface area (Å²) in [6, 6.07) is 11.6. The molecule has 0 fully saturated rings. The quantitative estimate of drug-likeness (QED) is 0.852. The first kappa shape index (κ1) is 17.0. The fourth-order valence-electron chi connectivity index (χ4n) is 2.86. The first-order valence-corrected chi connectivity index (χ1v) is 8.03. The molecule has 23 heavy (non-hydrogen) atoms. The van der Waals surface area contributed by atoms with Crippen molar-refractivity contribution in [2.75, 3.05) is 13.1 Å². The average Bonchev–Trinajstić information content (AvgIpc) is 2.53. The lowest BCUT2D eigenvalue weighted by Crippen LogP contribution is -2.36. The van der Waals surface area contributed by atoms with Crippen LogP contribution in [-0.2, 0) is 6.54 Å². The molecule has 0 saturated carbocycles. The van der Waals surface area contributed by atoms with E-state index in [0.29, 0.717) is 19.6 Å². The second-order valence-corrected chi connectivity index (χ2v) is 5.66. The Bertz CT molecular complexity index is 744. The Balaban J connectivity index is 2.51. The third-order valence-corrected chi connectivity index (χ3v) is 4.23. The van der Waals surface area contributed by atoms with Gasteiger partial charge in [0.2, 0.25) is 0 Å².